The first kappa shape index (κ1) is 21.0. The van der Waals surface area contributed by atoms with Gasteiger partial charge >= 0.3 is 0 Å². The van der Waals surface area contributed by atoms with Crippen LogP contribution < -0.4 is 5.32 Å². The van der Waals surface area contributed by atoms with Crippen LogP contribution in [0, 0.1) is 11.2 Å². The molecule has 1 N–H and O–H groups in total. The lowest BCUT2D eigenvalue weighted by atomic mass is 10.1. The quantitative estimate of drug-likeness (QED) is 0.575. The largest absolute Gasteiger partial charge is 0.367 e. The van der Waals surface area contributed by atoms with Crippen LogP contribution in [-0.4, -0.2) is 63.6 Å². The van der Waals surface area contributed by atoms with Gasteiger partial charge in [-0.1, -0.05) is 12.1 Å². The van der Waals surface area contributed by atoms with Gasteiger partial charge in [0.15, 0.2) is 5.96 Å². The third kappa shape index (κ3) is 5.67. The Morgan fingerprint density at radius 2 is 2.00 bits per heavy atom. The number of nitrogens with one attached hydrogen (secondary N) is 1. The van der Waals surface area contributed by atoms with Crippen LogP contribution in [0.25, 0.3) is 0 Å². The molecule has 1 aromatic carbocycles. The van der Waals surface area contributed by atoms with Crippen LogP contribution in [0.2, 0.25) is 0 Å². The molecule has 1 aromatic rings. The topological polar surface area (TPSA) is 71.0 Å². The van der Waals surface area contributed by atoms with E-state index in [1.165, 1.54) is 18.4 Å². The average molecular weight is 412 g/mol. The number of halogens is 1. The van der Waals surface area contributed by atoms with Crippen LogP contribution in [0.4, 0.5) is 4.39 Å². The Morgan fingerprint density at radius 1 is 1.32 bits per heavy atom. The maximum absolute atomic E-state index is 13.2. The van der Waals surface area contributed by atoms with Crippen molar-refractivity contribution < 1.29 is 17.5 Å². The van der Waals surface area contributed by atoms with Gasteiger partial charge in [-0.05, 0) is 44.4 Å². The van der Waals surface area contributed by atoms with Gasteiger partial charge < -0.3 is 15.0 Å². The molecule has 0 radical (unpaired) electrons. The number of guanidine groups is 1. The standard InChI is InChI=1S/C20H30FN3O3S/c1-4-22-19(23-13-20(9-10-20)14-28(3,25)26)24-11-15(2)27-18(12-24)16-5-7-17(21)8-6-16/h5-8,15,18H,4,9-14H2,1-3H3,(H,22,23). The molecule has 0 aromatic heterocycles. The molecule has 0 amide bonds. The van der Waals surface area contributed by atoms with Crippen LogP contribution >= 0.6 is 0 Å². The number of nitrogens with zero attached hydrogens (tertiary/aromatic N) is 2. The number of ether oxygens (including phenoxy) is 1. The zero-order valence-electron chi connectivity index (χ0n) is 16.8. The van der Waals surface area contributed by atoms with E-state index in [0.29, 0.717) is 19.6 Å². The monoisotopic (exact) mass is 411 g/mol. The molecule has 1 aliphatic carbocycles. The molecule has 2 fully saturated rings. The highest BCUT2D eigenvalue weighted by molar-refractivity contribution is 7.90. The van der Waals surface area contributed by atoms with Crippen molar-refractivity contribution in [2.45, 2.75) is 38.9 Å². The van der Waals surface area contributed by atoms with Crippen molar-refractivity contribution >= 4 is 15.8 Å². The summed E-state index contributed by atoms with van der Waals surface area (Å²) >= 11 is 0. The molecule has 1 aliphatic heterocycles. The first-order valence-electron chi connectivity index (χ1n) is 9.82. The maximum atomic E-state index is 13.2. The molecule has 2 atom stereocenters. The number of hydrogen-bond acceptors (Lipinski definition) is 4. The first-order valence-corrected chi connectivity index (χ1v) is 11.9. The van der Waals surface area contributed by atoms with E-state index in [4.69, 9.17) is 9.73 Å². The van der Waals surface area contributed by atoms with E-state index in [2.05, 4.69) is 10.2 Å². The molecule has 2 aliphatic rings. The summed E-state index contributed by atoms with van der Waals surface area (Å²) in [4.78, 5) is 6.94. The molecule has 1 saturated carbocycles. The Hall–Kier alpha value is -1.67. The molecular weight excluding hydrogens is 381 g/mol. The number of rotatable bonds is 6. The Kier molecular flexibility index (Phi) is 6.29. The summed E-state index contributed by atoms with van der Waals surface area (Å²) in [5.41, 5.74) is 0.729. The number of morpholine rings is 1. The molecule has 1 saturated heterocycles. The van der Waals surface area contributed by atoms with Gasteiger partial charge in [-0.3, -0.25) is 4.99 Å². The van der Waals surface area contributed by atoms with E-state index in [0.717, 1.165) is 30.9 Å². The normalized spacial score (nSPS) is 24.9. The highest BCUT2D eigenvalue weighted by Crippen LogP contribution is 2.47. The summed E-state index contributed by atoms with van der Waals surface area (Å²) < 4.78 is 42.7. The van der Waals surface area contributed by atoms with Crippen molar-refractivity contribution in [3.63, 3.8) is 0 Å². The highest BCUT2D eigenvalue weighted by Gasteiger charge is 2.45. The first-order chi connectivity index (χ1) is 13.2. The fourth-order valence-corrected chi connectivity index (χ4v) is 5.23. The zero-order valence-corrected chi connectivity index (χ0v) is 17.6. The van der Waals surface area contributed by atoms with E-state index in [1.54, 1.807) is 12.1 Å². The lowest BCUT2D eigenvalue weighted by Gasteiger charge is -2.39. The maximum Gasteiger partial charge on any atom is 0.194 e. The average Bonchev–Trinajstić information content (AvgIpc) is 3.36. The van der Waals surface area contributed by atoms with Gasteiger partial charge in [0.25, 0.3) is 0 Å². The van der Waals surface area contributed by atoms with Crippen molar-refractivity contribution in [1.29, 1.82) is 0 Å². The van der Waals surface area contributed by atoms with Crippen molar-refractivity contribution in [2.24, 2.45) is 10.4 Å². The fourth-order valence-electron chi connectivity index (χ4n) is 3.74. The third-order valence-corrected chi connectivity index (χ3v) is 6.36. The van der Waals surface area contributed by atoms with Crippen LogP contribution in [0.1, 0.15) is 38.4 Å². The Labute approximate surface area is 167 Å². The van der Waals surface area contributed by atoms with Gasteiger partial charge in [-0.25, -0.2) is 12.8 Å². The van der Waals surface area contributed by atoms with Crippen LogP contribution in [0.5, 0.6) is 0 Å². The second-order valence-corrected chi connectivity index (χ2v) is 10.3. The summed E-state index contributed by atoms with van der Waals surface area (Å²) in [5, 5.41) is 3.33. The van der Waals surface area contributed by atoms with E-state index in [1.807, 2.05) is 13.8 Å². The predicted molar refractivity (Wildman–Crippen MR) is 109 cm³/mol. The van der Waals surface area contributed by atoms with Gasteiger partial charge in [-0.15, -0.1) is 0 Å². The summed E-state index contributed by atoms with van der Waals surface area (Å²) in [7, 11) is -3.02. The lowest BCUT2D eigenvalue weighted by molar-refractivity contribution is -0.0605. The molecule has 2 unspecified atom stereocenters. The van der Waals surface area contributed by atoms with Crippen LogP contribution in [0.15, 0.2) is 29.3 Å². The smallest absolute Gasteiger partial charge is 0.194 e. The van der Waals surface area contributed by atoms with Crippen molar-refractivity contribution in [2.75, 3.05) is 38.2 Å². The molecule has 3 rings (SSSR count). The van der Waals surface area contributed by atoms with E-state index in [9.17, 15) is 12.8 Å². The van der Waals surface area contributed by atoms with Crippen molar-refractivity contribution in [3.05, 3.63) is 35.6 Å². The second-order valence-electron chi connectivity index (χ2n) is 8.13. The molecule has 1 heterocycles. The number of hydrogen-bond donors (Lipinski definition) is 1. The van der Waals surface area contributed by atoms with Crippen molar-refractivity contribution in [1.82, 2.24) is 10.2 Å². The molecule has 156 valence electrons. The zero-order chi connectivity index (χ0) is 20.4. The SMILES string of the molecule is CCNC(=NCC1(CS(C)(=O)=O)CC1)N1CC(C)OC(c2ccc(F)cc2)C1. The minimum atomic E-state index is -3.02. The molecule has 8 heteroatoms. The fraction of sp³-hybridized carbons (Fsp3) is 0.650. The minimum absolute atomic E-state index is 0.00133. The van der Waals surface area contributed by atoms with E-state index in [-0.39, 0.29) is 29.2 Å². The van der Waals surface area contributed by atoms with Crippen LogP contribution in [-0.2, 0) is 14.6 Å². The van der Waals surface area contributed by atoms with Gasteiger partial charge in [-0.2, -0.15) is 0 Å². The summed E-state index contributed by atoms with van der Waals surface area (Å²) in [6, 6.07) is 6.41. The number of benzene rings is 1. The minimum Gasteiger partial charge on any atom is -0.367 e. The molecule has 6 nitrogen and oxygen atoms in total. The molecule has 0 spiro atoms. The highest BCUT2D eigenvalue weighted by atomic mass is 32.2. The number of sulfone groups is 1. The van der Waals surface area contributed by atoms with Crippen molar-refractivity contribution in [3.8, 4) is 0 Å². The van der Waals surface area contributed by atoms with Crippen LogP contribution in [0.3, 0.4) is 0 Å². The van der Waals surface area contributed by atoms with E-state index < -0.39 is 9.84 Å². The Bertz CT molecular complexity index is 806. The Balaban J connectivity index is 1.74. The van der Waals surface area contributed by atoms with Gasteiger partial charge in [0.1, 0.15) is 21.8 Å². The summed E-state index contributed by atoms with van der Waals surface area (Å²) in [6.07, 6.45) is 2.93. The third-order valence-electron chi connectivity index (χ3n) is 5.23. The molecule has 0 bridgehead atoms. The molecule has 28 heavy (non-hydrogen) atoms. The second kappa shape index (κ2) is 8.37. The summed E-state index contributed by atoms with van der Waals surface area (Å²) in [5.74, 6) is 0.713. The summed E-state index contributed by atoms with van der Waals surface area (Å²) in [6.45, 7) is 6.57. The van der Waals surface area contributed by atoms with Gasteiger partial charge in [0.05, 0.1) is 18.4 Å². The van der Waals surface area contributed by atoms with Gasteiger partial charge in [0.2, 0.25) is 0 Å². The van der Waals surface area contributed by atoms with E-state index >= 15 is 0 Å². The van der Waals surface area contributed by atoms with Gasteiger partial charge in [0, 0.05) is 31.3 Å². The predicted octanol–water partition coefficient (Wildman–Crippen LogP) is 2.38. The lowest BCUT2D eigenvalue weighted by Crippen LogP contribution is -2.51. The number of aliphatic imine (C=N–C) groups is 1. The molecular formula is C20H30FN3O3S. The Morgan fingerprint density at radius 3 is 2.57 bits per heavy atom.